The van der Waals surface area contributed by atoms with Gasteiger partial charge in [-0.25, -0.2) is 8.42 Å². The molecule has 1 saturated heterocycles. The molecule has 1 fully saturated rings. The van der Waals surface area contributed by atoms with Crippen LogP contribution in [0.15, 0.2) is 53.6 Å². The molecule has 6 nitrogen and oxygen atoms in total. The van der Waals surface area contributed by atoms with E-state index in [1.165, 1.54) is 4.31 Å². The summed E-state index contributed by atoms with van der Waals surface area (Å²) in [5.41, 5.74) is 3.20. The van der Waals surface area contributed by atoms with Gasteiger partial charge in [0.15, 0.2) is 0 Å². The van der Waals surface area contributed by atoms with E-state index in [1.54, 1.807) is 17.2 Å². The van der Waals surface area contributed by atoms with Gasteiger partial charge in [-0.15, -0.1) is 0 Å². The molecule has 0 aliphatic carbocycles. The van der Waals surface area contributed by atoms with Crippen LogP contribution >= 0.6 is 0 Å². The van der Waals surface area contributed by atoms with Crippen LogP contribution < -0.4 is 0 Å². The third-order valence-electron chi connectivity index (χ3n) is 5.31. The fraction of sp³-hybridized carbons (Fsp3) is 0.286. The molecule has 28 heavy (non-hydrogen) atoms. The second-order valence-corrected chi connectivity index (χ2v) is 9.12. The highest BCUT2D eigenvalue weighted by atomic mass is 32.2. The van der Waals surface area contributed by atoms with Gasteiger partial charge in [0.05, 0.1) is 10.5 Å². The number of hydrogen-bond donors (Lipinski definition) is 1. The number of nitrogens with zero attached hydrogens (tertiary/aromatic N) is 2. The zero-order valence-electron chi connectivity index (χ0n) is 16.0. The Morgan fingerprint density at radius 2 is 1.71 bits per heavy atom. The van der Waals surface area contributed by atoms with E-state index >= 15 is 0 Å². The molecule has 0 unspecified atom stereocenters. The van der Waals surface area contributed by atoms with Crippen molar-refractivity contribution in [3.63, 3.8) is 0 Å². The van der Waals surface area contributed by atoms with Crippen LogP contribution in [0.1, 0.15) is 21.5 Å². The molecule has 146 valence electrons. The van der Waals surface area contributed by atoms with E-state index in [4.69, 9.17) is 0 Å². The van der Waals surface area contributed by atoms with Crippen molar-refractivity contribution < 1.29 is 13.2 Å². The Balaban J connectivity index is 1.51. The lowest BCUT2D eigenvalue weighted by atomic mass is 10.1. The molecule has 0 saturated carbocycles. The zero-order valence-corrected chi connectivity index (χ0v) is 16.8. The largest absolute Gasteiger partial charge is 0.360 e. The van der Waals surface area contributed by atoms with Crippen LogP contribution in [-0.4, -0.2) is 54.7 Å². The van der Waals surface area contributed by atoms with Crippen molar-refractivity contribution in [2.45, 2.75) is 18.7 Å². The summed E-state index contributed by atoms with van der Waals surface area (Å²) in [4.78, 5) is 18.1. The predicted molar refractivity (Wildman–Crippen MR) is 109 cm³/mol. The number of piperazine rings is 1. The lowest BCUT2D eigenvalue weighted by Crippen LogP contribution is -2.50. The zero-order chi connectivity index (χ0) is 19.9. The molecule has 1 aliphatic heterocycles. The van der Waals surface area contributed by atoms with Crippen molar-refractivity contribution >= 4 is 26.8 Å². The highest BCUT2D eigenvalue weighted by Gasteiger charge is 2.31. The number of para-hydroxylation sites is 1. The second kappa shape index (κ2) is 7.07. The Kier molecular flexibility index (Phi) is 4.72. The fourth-order valence-corrected chi connectivity index (χ4v) is 5.41. The van der Waals surface area contributed by atoms with Crippen LogP contribution in [0.25, 0.3) is 10.9 Å². The molecule has 0 radical (unpaired) electrons. The lowest BCUT2D eigenvalue weighted by molar-refractivity contribution is 0.0700. The van der Waals surface area contributed by atoms with Crippen molar-refractivity contribution in [3.05, 3.63) is 65.4 Å². The molecule has 7 heteroatoms. The van der Waals surface area contributed by atoms with Gasteiger partial charge in [0, 0.05) is 43.3 Å². The van der Waals surface area contributed by atoms with E-state index in [-0.39, 0.29) is 5.91 Å². The van der Waals surface area contributed by atoms with Crippen LogP contribution in [0.3, 0.4) is 0 Å². The van der Waals surface area contributed by atoms with Crippen molar-refractivity contribution in [2.24, 2.45) is 0 Å². The number of nitrogens with one attached hydrogen (secondary N) is 1. The van der Waals surface area contributed by atoms with E-state index < -0.39 is 10.0 Å². The number of carbonyl (C=O) groups is 1. The Morgan fingerprint density at radius 1 is 1.00 bits per heavy atom. The average Bonchev–Trinajstić information content (AvgIpc) is 3.13. The number of carbonyl (C=O) groups excluding carboxylic acids is 1. The first-order valence-corrected chi connectivity index (χ1v) is 10.7. The Hall–Kier alpha value is -2.64. The molecule has 3 aromatic rings. The van der Waals surface area contributed by atoms with Gasteiger partial charge in [0.25, 0.3) is 5.91 Å². The van der Waals surface area contributed by atoms with Crippen LogP contribution in [-0.2, 0) is 10.0 Å². The fourth-order valence-electron chi connectivity index (χ4n) is 3.67. The summed E-state index contributed by atoms with van der Waals surface area (Å²) < 4.78 is 27.6. The van der Waals surface area contributed by atoms with E-state index in [9.17, 15) is 13.2 Å². The van der Waals surface area contributed by atoms with Crippen LogP contribution in [0.2, 0.25) is 0 Å². The predicted octanol–water partition coefficient (Wildman–Crippen LogP) is 2.93. The number of rotatable bonds is 3. The molecular formula is C21H23N3O3S. The number of fused-ring (bicyclic) bond motifs is 1. The lowest BCUT2D eigenvalue weighted by Gasteiger charge is -2.34. The molecule has 2 heterocycles. The maximum atomic E-state index is 13.1. The maximum Gasteiger partial charge on any atom is 0.256 e. The van der Waals surface area contributed by atoms with Crippen molar-refractivity contribution in [3.8, 4) is 0 Å². The molecule has 1 aliphatic rings. The number of H-pyrrole nitrogens is 1. The van der Waals surface area contributed by atoms with E-state index in [0.29, 0.717) is 36.6 Å². The monoisotopic (exact) mass is 397 g/mol. The minimum absolute atomic E-state index is 0.0683. The smallest absolute Gasteiger partial charge is 0.256 e. The minimum atomic E-state index is -3.56. The summed E-state index contributed by atoms with van der Waals surface area (Å²) in [5.74, 6) is -0.0683. The SMILES string of the molecule is Cc1ccc(C)c(S(=O)(=O)N2CCN(C(=O)c3c[nH]c4ccccc34)CC2)c1. The summed E-state index contributed by atoms with van der Waals surface area (Å²) in [6.45, 7) is 5.04. The maximum absolute atomic E-state index is 13.1. The van der Waals surface area contributed by atoms with Crippen molar-refractivity contribution in [1.82, 2.24) is 14.2 Å². The van der Waals surface area contributed by atoms with Gasteiger partial charge in [-0.3, -0.25) is 4.79 Å². The van der Waals surface area contributed by atoms with Crippen LogP contribution in [0, 0.1) is 13.8 Å². The number of sulfonamides is 1. The number of aromatic nitrogens is 1. The van der Waals surface area contributed by atoms with E-state index in [0.717, 1.165) is 22.0 Å². The minimum Gasteiger partial charge on any atom is -0.360 e. The van der Waals surface area contributed by atoms with E-state index in [1.807, 2.05) is 50.2 Å². The number of aromatic amines is 1. The Labute approximate surface area is 164 Å². The van der Waals surface area contributed by atoms with Gasteiger partial charge in [0.2, 0.25) is 10.0 Å². The first-order chi connectivity index (χ1) is 13.4. The Morgan fingerprint density at radius 3 is 2.46 bits per heavy atom. The highest BCUT2D eigenvalue weighted by molar-refractivity contribution is 7.89. The van der Waals surface area contributed by atoms with Crippen LogP contribution in [0.4, 0.5) is 0 Å². The standard InChI is InChI=1S/C21H23N3O3S/c1-15-7-8-16(2)20(13-15)28(26,27)24-11-9-23(10-12-24)21(25)18-14-22-19-6-4-3-5-17(18)19/h3-8,13-14,22H,9-12H2,1-2H3. The topological polar surface area (TPSA) is 73.5 Å². The molecule has 4 rings (SSSR count). The first-order valence-electron chi connectivity index (χ1n) is 9.31. The third-order valence-corrected chi connectivity index (χ3v) is 7.35. The molecule has 2 aromatic carbocycles. The second-order valence-electron chi connectivity index (χ2n) is 7.21. The number of amides is 1. The molecule has 1 N–H and O–H groups in total. The normalized spacial score (nSPS) is 15.9. The summed E-state index contributed by atoms with van der Waals surface area (Å²) in [5, 5.41) is 0.887. The third kappa shape index (κ3) is 3.21. The summed E-state index contributed by atoms with van der Waals surface area (Å²) in [6, 6.07) is 13.1. The first kappa shape index (κ1) is 18.7. The van der Waals surface area contributed by atoms with Gasteiger partial charge in [0.1, 0.15) is 0 Å². The molecule has 0 atom stereocenters. The summed E-state index contributed by atoms with van der Waals surface area (Å²) in [6.07, 6.45) is 1.73. The van der Waals surface area contributed by atoms with Gasteiger partial charge < -0.3 is 9.88 Å². The summed E-state index contributed by atoms with van der Waals surface area (Å²) >= 11 is 0. The molecule has 0 spiro atoms. The van der Waals surface area contributed by atoms with Gasteiger partial charge >= 0.3 is 0 Å². The van der Waals surface area contributed by atoms with Crippen molar-refractivity contribution in [1.29, 1.82) is 0 Å². The molecule has 0 bridgehead atoms. The molecule has 1 amide bonds. The van der Waals surface area contributed by atoms with Crippen molar-refractivity contribution in [2.75, 3.05) is 26.2 Å². The average molecular weight is 398 g/mol. The number of aryl methyl sites for hydroxylation is 2. The molecule has 1 aromatic heterocycles. The number of benzene rings is 2. The molecular weight excluding hydrogens is 374 g/mol. The van der Waals surface area contributed by atoms with Gasteiger partial charge in [-0.2, -0.15) is 4.31 Å². The van der Waals surface area contributed by atoms with Crippen LogP contribution in [0.5, 0.6) is 0 Å². The summed E-state index contributed by atoms with van der Waals surface area (Å²) in [7, 11) is -3.56. The Bertz CT molecular complexity index is 1140. The van der Waals surface area contributed by atoms with E-state index in [2.05, 4.69) is 4.98 Å². The highest BCUT2D eigenvalue weighted by Crippen LogP contribution is 2.24. The van der Waals surface area contributed by atoms with Gasteiger partial charge in [-0.1, -0.05) is 30.3 Å². The quantitative estimate of drug-likeness (QED) is 0.738. The van der Waals surface area contributed by atoms with Gasteiger partial charge in [-0.05, 0) is 37.1 Å². The number of hydrogen-bond acceptors (Lipinski definition) is 3.